The molecule has 1 aliphatic heterocycles. The number of carbonyl (C=O) groups excluding carboxylic acids is 5. The van der Waals surface area contributed by atoms with Crippen LogP contribution in [0.5, 0.6) is 11.5 Å². The first-order chi connectivity index (χ1) is 39.6. The number of ether oxygens (including phenoxy) is 4. The Morgan fingerprint density at radius 2 is 1.50 bits per heavy atom. The van der Waals surface area contributed by atoms with Gasteiger partial charge in [-0.05, 0) is 104 Å². The van der Waals surface area contributed by atoms with Crippen LogP contribution in [0.2, 0.25) is 0 Å². The first-order valence-electron chi connectivity index (χ1n) is 27.9. The minimum atomic E-state index is -0.917. The Bertz CT molecular complexity index is 3330. The number of aromatic amines is 1. The van der Waals surface area contributed by atoms with Crippen LogP contribution in [0.1, 0.15) is 66.8 Å². The van der Waals surface area contributed by atoms with E-state index >= 15 is 0 Å². The Balaban J connectivity index is 0.751. The second kappa shape index (κ2) is 28.9. The van der Waals surface area contributed by atoms with Crippen molar-refractivity contribution in [2.24, 2.45) is 5.92 Å². The van der Waals surface area contributed by atoms with Crippen LogP contribution in [0, 0.1) is 5.92 Å². The van der Waals surface area contributed by atoms with Crippen molar-refractivity contribution in [3.63, 3.8) is 0 Å². The van der Waals surface area contributed by atoms with Crippen molar-refractivity contribution in [2.45, 2.75) is 71.3 Å². The molecule has 0 radical (unpaired) electrons. The van der Waals surface area contributed by atoms with E-state index in [4.69, 9.17) is 30.5 Å². The molecule has 0 saturated heterocycles. The van der Waals surface area contributed by atoms with Crippen LogP contribution in [-0.2, 0) is 48.3 Å². The molecule has 82 heavy (non-hydrogen) atoms. The molecule has 3 atom stereocenters. The van der Waals surface area contributed by atoms with Crippen LogP contribution in [0.15, 0.2) is 109 Å². The highest BCUT2D eigenvalue weighted by Gasteiger charge is 2.36. The van der Waals surface area contributed by atoms with E-state index in [1.807, 2.05) is 126 Å². The Hall–Kier alpha value is -7.52. The summed E-state index contributed by atoms with van der Waals surface area (Å²) in [6, 6.07) is 33.2. The number of aryl methyl sites for hydroxylation is 1. The summed E-state index contributed by atoms with van der Waals surface area (Å²) in [4.78, 5) is 73.8. The van der Waals surface area contributed by atoms with Gasteiger partial charge in [-0.25, -0.2) is 5.01 Å². The second-order valence-corrected chi connectivity index (χ2v) is 21.5. The summed E-state index contributed by atoms with van der Waals surface area (Å²) in [5.74, 6) is -0.210. The SMILES string of the molecule is CNN(C)Cc1cc2ccccc2n1CCC(=O)NCCOCCOCCC(=O)NC(C(=O)NC(C)C(=O)Nc1ccc(COc2cc3c(c4ccccc24)C(CCl)CN3C(=O)c2cc3cc(OCCN(C)C)ccc3[nH]2)cc1)C(C)C. The summed E-state index contributed by atoms with van der Waals surface area (Å²) < 4.78 is 25.9. The highest BCUT2D eigenvalue weighted by atomic mass is 35.5. The monoisotopic (exact) mass is 1140 g/mol. The van der Waals surface area contributed by atoms with E-state index in [9.17, 15) is 24.0 Å². The Morgan fingerprint density at radius 3 is 2.24 bits per heavy atom. The lowest BCUT2D eigenvalue weighted by molar-refractivity contribution is -0.132. The molecule has 3 heterocycles. The molecule has 7 aromatic rings. The van der Waals surface area contributed by atoms with Crippen molar-refractivity contribution >= 4 is 85.1 Å². The van der Waals surface area contributed by atoms with Crippen molar-refractivity contribution in [3.8, 4) is 11.5 Å². The van der Waals surface area contributed by atoms with E-state index in [1.54, 1.807) is 24.0 Å². The zero-order valence-electron chi connectivity index (χ0n) is 47.9. The number of nitrogens with one attached hydrogen (secondary N) is 6. The zero-order chi connectivity index (χ0) is 58.3. The highest BCUT2D eigenvalue weighted by Crippen LogP contribution is 2.46. The van der Waals surface area contributed by atoms with Crippen molar-refractivity contribution in [1.82, 2.24) is 40.8 Å². The molecule has 0 fully saturated rings. The molecule has 19 nitrogen and oxygen atoms in total. The van der Waals surface area contributed by atoms with Crippen molar-refractivity contribution in [3.05, 3.63) is 132 Å². The number of aromatic nitrogens is 2. The number of likely N-dealkylation sites (N-methyl/N-ethyl adjacent to an activating group) is 1. The molecule has 20 heteroatoms. The van der Waals surface area contributed by atoms with Gasteiger partial charge in [0.1, 0.15) is 42.5 Å². The number of para-hydroxylation sites is 1. The first kappa shape index (κ1) is 60.6. The molecule has 5 amide bonds. The number of fused-ring (bicyclic) bond motifs is 5. The van der Waals surface area contributed by atoms with E-state index in [0.29, 0.717) is 68.8 Å². The van der Waals surface area contributed by atoms with Gasteiger partial charge in [0, 0.05) is 97.1 Å². The molecule has 1 aliphatic rings. The second-order valence-electron chi connectivity index (χ2n) is 21.2. The smallest absolute Gasteiger partial charge is 0.274 e. The largest absolute Gasteiger partial charge is 0.492 e. The normalized spacial score (nSPS) is 13.9. The average molecular weight is 1140 g/mol. The number of nitrogens with zero attached hydrogens (tertiary/aromatic N) is 4. The van der Waals surface area contributed by atoms with Gasteiger partial charge in [0.25, 0.3) is 5.91 Å². The van der Waals surface area contributed by atoms with E-state index in [2.05, 4.69) is 59.3 Å². The molecule has 0 aliphatic carbocycles. The standard InChI is InChI=1S/C62H77ClN10O9/c1-40(2)59(69-57(75)23-27-79-30-31-80-28-24-65-56(74)22-25-72-47(38-71(7)64-4)32-43-12-8-11-15-53(43)72)61(77)66-41(3)60(76)67-46-18-16-42(17-19-46)39-82-55-35-54-58(50-14-10-9-13-49(50)55)45(36-63)37-73(54)62(78)52-34-44-33-48(20-21-51(44)68-52)81-29-26-70(5)6/h8-21,32-35,40-41,45,59,64,68H,22-31,36-39H2,1-7H3,(H,65,74)(H,66,77)(H,67,76)(H,69,75). The number of alkyl halides is 1. The summed E-state index contributed by atoms with van der Waals surface area (Å²) >= 11 is 6.60. The number of hydrogen-bond donors (Lipinski definition) is 6. The predicted molar refractivity (Wildman–Crippen MR) is 322 cm³/mol. The lowest BCUT2D eigenvalue weighted by atomic mass is 9.95. The number of halogens is 1. The Kier molecular flexibility index (Phi) is 21.4. The first-order valence-corrected chi connectivity index (χ1v) is 28.5. The molecular weight excluding hydrogens is 1060 g/mol. The number of carbonyl (C=O) groups is 5. The number of amides is 5. The molecule has 0 bridgehead atoms. The van der Waals surface area contributed by atoms with Gasteiger partial charge in [-0.15, -0.1) is 11.6 Å². The van der Waals surface area contributed by atoms with Crippen LogP contribution in [0.25, 0.3) is 32.6 Å². The van der Waals surface area contributed by atoms with Gasteiger partial charge in [-0.3, -0.25) is 29.4 Å². The van der Waals surface area contributed by atoms with Crippen LogP contribution >= 0.6 is 11.6 Å². The third-order valence-electron chi connectivity index (χ3n) is 14.5. The minimum absolute atomic E-state index is 0.0219. The van der Waals surface area contributed by atoms with Crippen LogP contribution < -0.4 is 41.1 Å². The Labute approximate surface area is 484 Å². The van der Waals surface area contributed by atoms with Gasteiger partial charge in [0.05, 0.1) is 38.7 Å². The lowest BCUT2D eigenvalue weighted by Gasteiger charge is -2.24. The fourth-order valence-corrected chi connectivity index (χ4v) is 10.2. The number of rotatable bonds is 30. The maximum Gasteiger partial charge on any atom is 0.274 e. The zero-order valence-corrected chi connectivity index (χ0v) is 48.7. The molecule has 6 N–H and O–H groups in total. The Morgan fingerprint density at radius 1 is 0.756 bits per heavy atom. The summed E-state index contributed by atoms with van der Waals surface area (Å²) in [6.45, 7) is 9.72. The van der Waals surface area contributed by atoms with E-state index in [1.165, 1.54) is 0 Å². The van der Waals surface area contributed by atoms with Gasteiger partial charge in [-0.2, -0.15) is 0 Å². The van der Waals surface area contributed by atoms with Gasteiger partial charge in [0.2, 0.25) is 23.6 Å². The molecular formula is C62H77ClN10O9. The number of anilines is 2. The van der Waals surface area contributed by atoms with Gasteiger partial charge in [-0.1, -0.05) is 68.4 Å². The molecule has 436 valence electrons. The molecule has 2 aromatic heterocycles. The predicted octanol–water partition coefficient (Wildman–Crippen LogP) is 7.56. The van der Waals surface area contributed by atoms with E-state index in [0.717, 1.165) is 67.4 Å². The molecule has 0 spiro atoms. The van der Waals surface area contributed by atoms with Gasteiger partial charge in [0.15, 0.2) is 0 Å². The molecule has 8 rings (SSSR count). The lowest BCUT2D eigenvalue weighted by Crippen LogP contribution is -2.53. The maximum atomic E-state index is 14.3. The summed E-state index contributed by atoms with van der Waals surface area (Å²) in [7, 11) is 7.84. The van der Waals surface area contributed by atoms with Crippen LogP contribution in [0.4, 0.5) is 11.4 Å². The highest BCUT2D eigenvalue weighted by molar-refractivity contribution is 6.19. The third-order valence-corrected chi connectivity index (χ3v) is 14.8. The maximum absolute atomic E-state index is 14.3. The van der Waals surface area contributed by atoms with Crippen molar-refractivity contribution < 1.29 is 42.9 Å². The average Bonchev–Trinajstić information content (AvgIpc) is 4.30. The quantitative estimate of drug-likeness (QED) is 0.0146. The van der Waals surface area contributed by atoms with Crippen LogP contribution in [-0.4, -0.2) is 148 Å². The number of H-pyrrole nitrogens is 1. The fraction of sp³-hybridized carbons (Fsp3) is 0.403. The minimum Gasteiger partial charge on any atom is -0.492 e. The van der Waals surface area contributed by atoms with E-state index in [-0.39, 0.29) is 62.4 Å². The molecule has 5 aromatic carbocycles. The van der Waals surface area contributed by atoms with Crippen molar-refractivity contribution in [1.29, 1.82) is 0 Å². The topological polar surface area (TPSA) is 213 Å². The number of hydrogen-bond acceptors (Lipinski definition) is 12. The fourth-order valence-electron chi connectivity index (χ4n) is 9.94. The summed E-state index contributed by atoms with van der Waals surface area (Å²) in [5, 5.41) is 17.2. The van der Waals surface area contributed by atoms with Gasteiger partial charge < -0.3 is 59.6 Å². The molecule has 3 unspecified atom stereocenters. The van der Waals surface area contributed by atoms with Crippen molar-refractivity contribution in [2.75, 3.05) is 97.0 Å². The summed E-state index contributed by atoms with van der Waals surface area (Å²) in [5.41, 5.74) is 9.72. The van der Waals surface area contributed by atoms with Crippen LogP contribution in [0.3, 0.4) is 0 Å². The number of hydrazine groups is 1. The van der Waals surface area contributed by atoms with Gasteiger partial charge >= 0.3 is 0 Å². The third kappa shape index (κ3) is 15.7. The number of benzene rings is 5. The van der Waals surface area contributed by atoms with E-state index < -0.39 is 23.9 Å². The molecule has 0 saturated carbocycles. The summed E-state index contributed by atoms with van der Waals surface area (Å²) in [6.07, 6.45) is 0.350.